The van der Waals surface area contributed by atoms with Crippen LogP contribution in [0.5, 0.6) is 0 Å². The number of Topliss-reactive ketones (excluding diaryl/α,β-unsaturated/α-hetero) is 1. The second-order valence-corrected chi connectivity index (χ2v) is 5.93. The van der Waals surface area contributed by atoms with Crippen molar-refractivity contribution in [1.29, 1.82) is 0 Å². The molecule has 0 aromatic carbocycles. The van der Waals surface area contributed by atoms with Gasteiger partial charge in [-0.1, -0.05) is 6.92 Å². The van der Waals surface area contributed by atoms with E-state index in [0.717, 1.165) is 4.90 Å². The molecule has 2 saturated heterocycles. The lowest BCUT2D eigenvalue weighted by molar-refractivity contribution is -0.259. The van der Waals surface area contributed by atoms with Gasteiger partial charge >= 0.3 is 5.97 Å². The van der Waals surface area contributed by atoms with Gasteiger partial charge < -0.3 is 19.8 Å². The molecule has 0 saturated carbocycles. The lowest BCUT2D eigenvalue weighted by Gasteiger charge is -2.39. The van der Waals surface area contributed by atoms with Crippen LogP contribution in [0.2, 0.25) is 0 Å². The number of carboxylic acid groups (broad SMARTS) is 1. The van der Waals surface area contributed by atoms with E-state index in [1.54, 1.807) is 13.8 Å². The Morgan fingerprint density at radius 1 is 1.19 bits per heavy atom. The van der Waals surface area contributed by atoms with E-state index in [0.29, 0.717) is 25.7 Å². The van der Waals surface area contributed by atoms with E-state index in [1.165, 1.54) is 0 Å². The van der Waals surface area contributed by atoms with Crippen LogP contribution in [0.15, 0.2) is 0 Å². The Hall–Kier alpha value is -1.47. The molecule has 0 aliphatic carbocycles. The molecule has 0 radical (unpaired) electrons. The second-order valence-electron chi connectivity index (χ2n) is 5.93. The number of nitrogens with zero attached hydrogens (tertiary/aromatic N) is 1. The van der Waals surface area contributed by atoms with Gasteiger partial charge in [-0.3, -0.25) is 9.59 Å². The van der Waals surface area contributed by atoms with Crippen LogP contribution in [-0.4, -0.2) is 57.3 Å². The van der Waals surface area contributed by atoms with Gasteiger partial charge in [-0.05, 0) is 32.6 Å². The summed E-state index contributed by atoms with van der Waals surface area (Å²) in [5.74, 6) is -5.82. The largest absolute Gasteiger partial charge is 0.480 e. The van der Waals surface area contributed by atoms with Gasteiger partial charge in [-0.2, -0.15) is 0 Å². The standard InChI is InChI=1S/C14H21NO6/c1-8-5-6-9(2)21-14(8,20)11(16)12(17)15-7-3-4-10(15)13(18)19/h8-10,20H,3-7H2,1-2H3,(H,18,19)/t8-,9?,10+,14-/m1/s1. The van der Waals surface area contributed by atoms with Gasteiger partial charge in [0, 0.05) is 12.5 Å². The molecule has 2 aliphatic rings. The van der Waals surface area contributed by atoms with E-state index < -0.39 is 35.4 Å². The number of aliphatic hydroxyl groups is 1. The van der Waals surface area contributed by atoms with Gasteiger partial charge in [0.25, 0.3) is 11.7 Å². The lowest BCUT2D eigenvalue weighted by Crippen LogP contribution is -2.58. The van der Waals surface area contributed by atoms with Gasteiger partial charge in [-0.15, -0.1) is 0 Å². The number of hydrogen-bond acceptors (Lipinski definition) is 5. The van der Waals surface area contributed by atoms with Crippen LogP contribution in [0.3, 0.4) is 0 Å². The highest BCUT2D eigenvalue weighted by atomic mass is 16.6. The smallest absolute Gasteiger partial charge is 0.326 e. The monoisotopic (exact) mass is 299 g/mol. The highest BCUT2D eigenvalue weighted by molar-refractivity contribution is 6.39. The number of amides is 1. The minimum absolute atomic E-state index is 0.210. The number of carbonyl (C=O) groups excluding carboxylic acids is 2. The van der Waals surface area contributed by atoms with Crippen LogP contribution in [-0.2, 0) is 19.1 Å². The number of likely N-dealkylation sites (tertiary alicyclic amines) is 1. The Balaban J connectivity index is 2.18. The molecule has 0 aromatic heterocycles. The molecule has 118 valence electrons. The molecule has 0 spiro atoms. The Morgan fingerprint density at radius 3 is 2.48 bits per heavy atom. The average Bonchev–Trinajstić information content (AvgIpc) is 2.91. The number of carboxylic acids is 1. The van der Waals surface area contributed by atoms with Crippen LogP contribution in [0.1, 0.15) is 39.5 Å². The molecule has 4 atom stereocenters. The molecule has 0 bridgehead atoms. The summed E-state index contributed by atoms with van der Waals surface area (Å²) in [5, 5.41) is 19.6. The van der Waals surface area contributed by atoms with E-state index in [1.807, 2.05) is 0 Å². The lowest BCUT2D eigenvalue weighted by atomic mass is 9.87. The molecule has 1 amide bonds. The fraction of sp³-hybridized carbons (Fsp3) is 0.786. The van der Waals surface area contributed by atoms with Gasteiger partial charge in [0.1, 0.15) is 6.04 Å². The maximum Gasteiger partial charge on any atom is 0.326 e. The number of carbonyl (C=O) groups is 3. The highest BCUT2D eigenvalue weighted by Gasteiger charge is 2.52. The molecule has 7 nitrogen and oxygen atoms in total. The first-order valence-electron chi connectivity index (χ1n) is 7.25. The molecule has 0 aromatic rings. The van der Waals surface area contributed by atoms with Gasteiger partial charge in [0.05, 0.1) is 6.10 Å². The van der Waals surface area contributed by atoms with Crippen molar-refractivity contribution in [3.63, 3.8) is 0 Å². The van der Waals surface area contributed by atoms with Crippen molar-refractivity contribution in [2.75, 3.05) is 6.54 Å². The molecule has 7 heteroatoms. The molecular formula is C14H21NO6. The van der Waals surface area contributed by atoms with Crippen molar-refractivity contribution in [2.24, 2.45) is 5.92 Å². The normalized spacial score (nSPS) is 36.5. The van der Waals surface area contributed by atoms with E-state index in [2.05, 4.69) is 0 Å². The molecule has 1 unspecified atom stereocenters. The quantitative estimate of drug-likeness (QED) is 0.719. The predicted molar refractivity (Wildman–Crippen MR) is 71.3 cm³/mol. The first kappa shape index (κ1) is 15.9. The van der Waals surface area contributed by atoms with E-state index in [9.17, 15) is 19.5 Å². The summed E-state index contributed by atoms with van der Waals surface area (Å²) >= 11 is 0. The van der Waals surface area contributed by atoms with Gasteiger partial charge in [-0.25, -0.2) is 4.79 Å². The first-order chi connectivity index (χ1) is 9.77. The first-order valence-corrected chi connectivity index (χ1v) is 7.25. The third-order valence-corrected chi connectivity index (χ3v) is 4.37. The Kier molecular flexibility index (Phi) is 4.34. The fourth-order valence-corrected chi connectivity index (χ4v) is 2.99. The minimum Gasteiger partial charge on any atom is -0.480 e. The molecule has 2 fully saturated rings. The summed E-state index contributed by atoms with van der Waals surface area (Å²) in [6, 6.07) is -0.999. The Labute approximate surface area is 122 Å². The van der Waals surface area contributed by atoms with Gasteiger partial charge in [0.15, 0.2) is 0 Å². The third kappa shape index (κ3) is 2.80. The van der Waals surface area contributed by atoms with Crippen molar-refractivity contribution >= 4 is 17.7 Å². The topological polar surface area (TPSA) is 104 Å². The number of hydrogen-bond donors (Lipinski definition) is 2. The fourth-order valence-electron chi connectivity index (χ4n) is 2.99. The summed E-state index contributed by atoms with van der Waals surface area (Å²) in [4.78, 5) is 36.8. The Bertz CT molecular complexity index is 464. The Morgan fingerprint density at radius 2 is 1.86 bits per heavy atom. The molecule has 2 aliphatic heterocycles. The molecule has 21 heavy (non-hydrogen) atoms. The predicted octanol–water partition coefficient (Wildman–Crippen LogP) is 0.155. The van der Waals surface area contributed by atoms with Crippen LogP contribution in [0.4, 0.5) is 0 Å². The highest BCUT2D eigenvalue weighted by Crippen LogP contribution is 2.34. The molecular weight excluding hydrogens is 278 g/mol. The molecule has 2 N–H and O–H groups in total. The summed E-state index contributed by atoms with van der Waals surface area (Å²) in [6.45, 7) is 3.59. The average molecular weight is 299 g/mol. The maximum atomic E-state index is 12.4. The van der Waals surface area contributed by atoms with Crippen LogP contribution in [0.25, 0.3) is 0 Å². The zero-order valence-corrected chi connectivity index (χ0v) is 12.2. The second kappa shape index (κ2) is 5.73. The zero-order chi connectivity index (χ0) is 15.8. The zero-order valence-electron chi connectivity index (χ0n) is 12.2. The number of ketones is 1. The SMILES string of the molecule is CC1CC[C@@H](C)[C@](O)(C(=O)C(=O)N2CCC[C@H]2C(=O)O)O1. The summed E-state index contributed by atoms with van der Waals surface area (Å²) < 4.78 is 5.34. The van der Waals surface area contributed by atoms with E-state index in [-0.39, 0.29) is 12.6 Å². The number of ether oxygens (including phenoxy) is 1. The molecule has 2 rings (SSSR count). The van der Waals surface area contributed by atoms with Crippen LogP contribution >= 0.6 is 0 Å². The third-order valence-electron chi connectivity index (χ3n) is 4.37. The van der Waals surface area contributed by atoms with E-state index >= 15 is 0 Å². The van der Waals surface area contributed by atoms with Crippen LogP contribution < -0.4 is 0 Å². The summed E-state index contributed by atoms with van der Waals surface area (Å²) in [7, 11) is 0. The van der Waals surface area contributed by atoms with Crippen LogP contribution in [0, 0.1) is 5.92 Å². The van der Waals surface area contributed by atoms with Crippen molar-refractivity contribution < 1.29 is 29.3 Å². The maximum absolute atomic E-state index is 12.4. The summed E-state index contributed by atoms with van der Waals surface area (Å²) in [5.41, 5.74) is 0. The minimum atomic E-state index is -2.15. The van der Waals surface area contributed by atoms with Crippen molar-refractivity contribution in [3.05, 3.63) is 0 Å². The van der Waals surface area contributed by atoms with Crippen molar-refractivity contribution in [2.45, 2.75) is 57.5 Å². The van der Waals surface area contributed by atoms with Gasteiger partial charge in [0.2, 0.25) is 5.79 Å². The summed E-state index contributed by atoms with van der Waals surface area (Å²) in [6.07, 6.45) is 1.79. The molecule has 2 heterocycles. The number of rotatable bonds is 3. The number of aliphatic carboxylic acids is 1. The van der Waals surface area contributed by atoms with E-state index in [4.69, 9.17) is 9.84 Å². The van der Waals surface area contributed by atoms with Crippen molar-refractivity contribution in [1.82, 2.24) is 4.90 Å². The van der Waals surface area contributed by atoms with Crippen molar-refractivity contribution in [3.8, 4) is 0 Å².